The van der Waals surface area contributed by atoms with Gasteiger partial charge in [-0.05, 0) is 30.9 Å². The molecule has 0 atom stereocenters. The molecule has 23 heavy (non-hydrogen) atoms. The lowest BCUT2D eigenvalue weighted by Crippen LogP contribution is -2.08. The molecule has 0 unspecified atom stereocenters. The minimum absolute atomic E-state index is 0.00924. The van der Waals surface area contributed by atoms with E-state index in [2.05, 4.69) is 4.98 Å². The molecule has 0 radical (unpaired) electrons. The average molecular weight is 347 g/mol. The summed E-state index contributed by atoms with van der Waals surface area (Å²) in [5.41, 5.74) is 2.33. The van der Waals surface area contributed by atoms with Crippen molar-refractivity contribution >= 4 is 21.2 Å². The number of aromatic nitrogens is 1. The maximum atomic E-state index is 12.4. The van der Waals surface area contributed by atoms with Crippen LogP contribution in [0.1, 0.15) is 22.6 Å². The molecule has 0 saturated carbocycles. The third-order valence-corrected chi connectivity index (χ3v) is 5.79. The summed E-state index contributed by atoms with van der Waals surface area (Å²) in [6.45, 7) is 3.70. The van der Waals surface area contributed by atoms with Gasteiger partial charge in [0, 0.05) is 0 Å². The molecule has 3 aromatic rings. The van der Waals surface area contributed by atoms with Crippen LogP contribution in [0.4, 0.5) is 0 Å². The summed E-state index contributed by atoms with van der Waals surface area (Å²) in [5.74, 6) is 0.941. The topological polar surface area (TPSA) is 60.2 Å². The molecule has 0 aliphatic rings. The third kappa shape index (κ3) is 3.89. The van der Waals surface area contributed by atoms with E-state index in [1.807, 2.05) is 48.7 Å². The monoisotopic (exact) mass is 347 g/mol. The van der Waals surface area contributed by atoms with Crippen molar-refractivity contribution in [2.75, 3.05) is 0 Å². The Hall–Kier alpha value is -1.92. The third-order valence-electron chi connectivity index (χ3n) is 3.45. The smallest absolute Gasteiger partial charge is 0.236 e. The van der Waals surface area contributed by atoms with Crippen molar-refractivity contribution in [3.8, 4) is 10.8 Å². The Morgan fingerprint density at radius 3 is 2.65 bits per heavy atom. The second-order valence-corrected chi connectivity index (χ2v) is 8.53. The molecule has 0 spiro atoms. The number of nitrogens with zero attached hydrogens (tertiary/aromatic N) is 1. The van der Waals surface area contributed by atoms with E-state index >= 15 is 0 Å². The molecular weight excluding hydrogens is 330 g/mol. The SMILES string of the molecule is Cc1cccc(CS(=O)(=O)Cc2nc(-c3cccs3)oc2C)c1. The number of oxazole rings is 1. The number of sulfone groups is 1. The Morgan fingerprint density at radius 1 is 1.13 bits per heavy atom. The highest BCUT2D eigenvalue weighted by atomic mass is 32.2. The van der Waals surface area contributed by atoms with Gasteiger partial charge in [-0.3, -0.25) is 0 Å². The quantitative estimate of drug-likeness (QED) is 0.696. The van der Waals surface area contributed by atoms with Crippen LogP contribution in [-0.4, -0.2) is 13.4 Å². The van der Waals surface area contributed by atoms with Gasteiger partial charge in [-0.15, -0.1) is 11.3 Å². The molecule has 0 aliphatic carbocycles. The Labute approximate surface area is 139 Å². The van der Waals surface area contributed by atoms with Gasteiger partial charge in [-0.25, -0.2) is 13.4 Å². The van der Waals surface area contributed by atoms with Gasteiger partial charge in [0.25, 0.3) is 0 Å². The molecule has 0 aliphatic heterocycles. The standard InChI is InChI=1S/C17H17NO3S2/c1-12-5-3-6-14(9-12)10-23(19,20)11-15-13(2)21-17(18-15)16-7-4-8-22-16/h3-9H,10-11H2,1-2H3. The predicted octanol–water partition coefficient (Wildman–Crippen LogP) is 4.13. The molecule has 4 nitrogen and oxygen atoms in total. The summed E-state index contributed by atoms with van der Waals surface area (Å²) in [7, 11) is -3.30. The van der Waals surface area contributed by atoms with E-state index in [4.69, 9.17) is 4.42 Å². The Balaban J connectivity index is 1.81. The molecule has 0 amide bonds. The lowest BCUT2D eigenvalue weighted by atomic mass is 10.2. The van der Waals surface area contributed by atoms with Crippen molar-refractivity contribution in [2.45, 2.75) is 25.4 Å². The van der Waals surface area contributed by atoms with Crippen molar-refractivity contribution in [2.24, 2.45) is 0 Å². The second kappa shape index (κ2) is 6.29. The van der Waals surface area contributed by atoms with Gasteiger partial charge in [0.15, 0.2) is 9.84 Å². The maximum absolute atomic E-state index is 12.4. The molecular formula is C17H17NO3S2. The van der Waals surface area contributed by atoms with Crippen molar-refractivity contribution in [1.82, 2.24) is 4.98 Å². The van der Waals surface area contributed by atoms with Crippen LogP contribution in [-0.2, 0) is 21.3 Å². The number of hydrogen-bond acceptors (Lipinski definition) is 5. The zero-order chi connectivity index (χ0) is 16.4. The fraction of sp³-hybridized carbons (Fsp3) is 0.235. The number of rotatable bonds is 5. The number of hydrogen-bond donors (Lipinski definition) is 0. The highest BCUT2D eigenvalue weighted by Gasteiger charge is 2.20. The molecule has 2 aromatic heterocycles. The van der Waals surface area contributed by atoms with Gasteiger partial charge in [0.2, 0.25) is 5.89 Å². The van der Waals surface area contributed by atoms with E-state index in [1.54, 1.807) is 6.92 Å². The van der Waals surface area contributed by atoms with Crippen LogP contribution in [0.2, 0.25) is 0 Å². The van der Waals surface area contributed by atoms with Gasteiger partial charge in [-0.2, -0.15) is 0 Å². The van der Waals surface area contributed by atoms with Crippen LogP contribution in [0.3, 0.4) is 0 Å². The van der Waals surface area contributed by atoms with Crippen LogP contribution in [0.5, 0.6) is 0 Å². The first kappa shape index (κ1) is 16.0. The van der Waals surface area contributed by atoms with E-state index in [-0.39, 0.29) is 11.5 Å². The Bertz CT molecular complexity index is 909. The Morgan fingerprint density at radius 2 is 1.96 bits per heavy atom. The minimum atomic E-state index is -3.30. The molecule has 1 aromatic carbocycles. The van der Waals surface area contributed by atoms with E-state index in [1.165, 1.54) is 11.3 Å². The summed E-state index contributed by atoms with van der Waals surface area (Å²) >= 11 is 1.51. The molecule has 0 fully saturated rings. The molecule has 0 saturated heterocycles. The fourth-order valence-corrected chi connectivity index (χ4v) is 4.51. The van der Waals surface area contributed by atoms with E-state index in [0.29, 0.717) is 17.3 Å². The largest absolute Gasteiger partial charge is 0.440 e. The minimum Gasteiger partial charge on any atom is -0.440 e. The first-order valence-electron chi connectivity index (χ1n) is 7.19. The molecule has 2 heterocycles. The first-order chi connectivity index (χ1) is 10.9. The van der Waals surface area contributed by atoms with Crippen LogP contribution in [0.15, 0.2) is 46.2 Å². The molecule has 0 bridgehead atoms. The van der Waals surface area contributed by atoms with E-state index in [0.717, 1.165) is 16.0 Å². The second-order valence-electron chi connectivity index (χ2n) is 5.52. The van der Waals surface area contributed by atoms with Crippen molar-refractivity contribution in [1.29, 1.82) is 0 Å². The van der Waals surface area contributed by atoms with Crippen molar-refractivity contribution in [3.63, 3.8) is 0 Å². The van der Waals surface area contributed by atoms with Crippen molar-refractivity contribution < 1.29 is 12.8 Å². The summed E-state index contributed by atoms with van der Waals surface area (Å²) < 4.78 is 30.5. The lowest BCUT2D eigenvalue weighted by molar-refractivity contribution is 0.541. The predicted molar refractivity (Wildman–Crippen MR) is 92.1 cm³/mol. The highest BCUT2D eigenvalue weighted by molar-refractivity contribution is 7.89. The van der Waals surface area contributed by atoms with Crippen LogP contribution in [0, 0.1) is 13.8 Å². The summed E-state index contributed by atoms with van der Waals surface area (Å²) in [6, 6.07) is 11.4. The molecule has 3 rings (SSSR count). The van der Waals surface area contributed by atoms with Gasteiger partial charge < -0.3 is 4.42 Å². The zero-order valence-corrected chi connectivity index (χ0v) is 14.6. The van der Waals surface area contributed by atoms with E-state index in [9.17, 15) is 8.42 Å². The van der Waals surface area contributed by atoms with Gasteiger partial charge >= 0.3 is 0 Å². The maximum Gasteiger partial charge on any atom is 0.236 e. The fourth-order valence-electron chi connectivity index (χ4n) is 2.38. The zero-order valence-electron chi connectivity index (χ0n) is 12.9. The van der Waals surface area contributed by atoms with Crippen LogP contribution >= 0.6 is 11.3 Å². The number of benzene rings is 1. The summed E-state index contributed by atoms with van der Waals surface area (Å²) in [4.78, 5) is 5.26. The summed E-state index contributed by atoms with van der Waals surface area (Å²) in [5, 5.41) is 1.93. The molecule has 120 valence electrons. The Kier molecular flexibility index (Phi) is 4.37. The van der Waals surface area contributed by atoms with Crippen LogP contribution in [0.25, 0.3) is 10.8 Å². The van der Waals surface area contributed by atoms with Crippen LogP contribution < -0.4 is 0 Å². The average Bonchev–Trinajstić information content (AvgIpc) is 3.08. The van der Waals surface area contributed by atoms with E-state index < -0.39 is 9.84 Å². The number of aryl methyl sites for hydroxylation is 2. The molecule has 6 heteroatoms. The summed E-state index contributed by atoms with van der Waals surface area (Å²) in [6.07, 6.45) is 0. The highest BCUT2D eigenvalue weighted by Crippen LogP contribution is 2.27. The number of thiophene rings is 1. The normalized spacial score (nSPS) is 11.7. The van der Waals surface area contributed by atoms with Gasteiger partial charge in [-0.1, -0.05) is 35.9 Å². The lowest BCUT2D eigenvalue weighted by Gasteiger charge is -2.04. The molecule has 0 N–H and O–H groups in total. The first-order valence-corrected chi connectivity index (χ1v) is 9.89. The van der Waals surface area contributed by atoms with Gasteiger partial charge in [0.1, 0.15) is 5.76 Å². The van der Waals surface area contributed by atoms with Gasteiger partial charge in [0.05, 0.1) is 22.1 Å². The van der Waals surface area contributed by atoms with Crippen molar-refractivity contribution in [3.05, 3.63) is 64.4 Å².